The summed E-state index contributed by atoms with van der Waals surface area (Å²) in [7, 11) is 0. The maximum absolute atomic E-state index is 12.8. The summed E-state index contributed by atoms with van der Waals surface area (Å²) >= 11 is 1.46. The Balaban J connectivity index is 2.06. The van der Waals surface area contributed by atoms with Crippen molar-refractivity contribution in [1.82, 2.24) is 13.6 Å². The van der Waals surface area contributed by atoms with Gasteiger partial charge in [-0.3, -0.25) is 0 Å². The molecule has 0 atom stereocenters. The number of hydrogen-bond acceptors (Lipinski definition) is 3. The van der Waals surface area contributed by atoms with E-state index in [1.54, 1.807) is 12.1 Å². The molecule has 0 saturated heterocycles. The maximum Gasteiger partial charge on any atom is 0.357 e. The average molecular weight is 323 g/mol. The molecule has 6 heteroatoms. The fraction of sp³-hybridized carbons (Fsp3) is 0.0588. The molecule has 2 aromatic heterocycles. The van der Waals surface area contributed by atoms with E-state index in [0.29, 0.717) is 5.69 Å². The fourth-order valence-electron chi connectivity index (χ4n) is 2.78. The Morgan fingerprint density at radius 3 is 1.96 bits per heavy atom. The molecule has 4 rings (SSSR count). The van der Waals surface area contributed by atoms with Gasteiger partial charge in [-0.15, -0.1) is 11.8 Å². The van der Waals surface area contributed by atoms with Crippen LogP contribution >= 0.6 is 11.8 Å². The summed E-state index contributed by atoms with van der Waals surface area (Å²) < 4.78 is 4.07. The molecule has 2 heterocycles. The molecule has 5 nitrogen and oxygen atoms in total. The Labute approximate surface area is 135 Å². The van der Waals surface area contributed by atoms with E-state index in [0.717, 1.165) is 16.3 Å². The highest BCUT2D eigenvalue weighted by atomic mass is 32.2. The van der Waals surface area contributed by atoms with Crippen molar-refractivity contribution in [2.45, 2.75) is 5.03 Å². The van der Waals surface area contributed by atoms with E-state index < -0.39 is 0 Å². The first-order valence-corrected chi connectivity index (χ1v) is 8.33. The lowest BCUT2D eigenvalue weighted by atomic mass is 10.1. The zero-order valence-corrected chi connectivity index (χ0v) is 13.2. The highest BCUT2D eigenvalue weighted by Crippen LogP contribution is 2.31. The first-order chi connectivity index (χ1) is 11.2. The smallest absolute Gasteiger partial charge is 0.245 e. The van der Waals surface area contributed by atoms with E-state index in [-0.39, 0.29) is 11.4 Å². The zero-order chi connectivity index (χ0) is 16.0. The van der Waals surface area contributed by atoms with E-state index >= 15 is 0 Å². The lowest BCUT2D eigenvalue weighted by Crippen LogP contribution is -2.25. The van der Waals surface area contributed by atoms with Crippen molar-refractivity contribution in [3.8, 4) is 16.9 Å². The quantitative estimate of drug-likeness (QED) is 0.544. The van der Waals surface area contributed by atoms with E-state index in [9.17, 15) is 9.59 Å². The number of benzene rings is 2. The van der Waals surface area contributed by atoms with Gasteiger partial charge in [0.1, 0.15) is 10.7 Å². The van der Waals surface area contributed by atoms with Crippen LogP contribution in [0.2, 0.25) is 0 Å². The number of thioether (sulfide) groups is 1. The van der Waals surface area contributed by atoms with Crippen molar-refractivity contribution in [2.24, 2.45) is 0 Å². The minimum absolute atomic E-state index is 0.342. The Kier molecular flexibility index (Phi) is 3.12. The standard InChI is InChI=1S/C17H13N3O2S/c1-23-15-14(12-8-4-2-5-9-12)19-16(21)18(17(22)20(15)19)13-10-6-3-7-11-13/h2-11H,1H3. The SMILES string of the molecule is CSc1c(-c2ccccc2)n2c(=O)n(-c3ccccc3)c(=O)n12. The summed E-state index contributed by atoms with van der Waals surface area (Å²) in [6, 6.07) is 18.6. The van der Waals surface area contributed by atoms with Crippen molar-refractivity contribution in [1.29, 1.82) is 0 Å². The van der Waals surface area contributed by atoms with Gasteiger partial charge in [-0.2, -0.15) is 9.03 Å². The monoisotopic (exact) mass is 323 g/mol. The second-order valence-corrected chi connectivity index (χ2v) is 5.88. The van der Waals surface area contributed by atoms with Crippen LogP contribution < -0.4 is 11.4 Å². The highest BCUT2D eigenvalue weighted by molar-refractivity contribution is 7.98. The Morgan fingerprint density at radius 2 is 1.35 bits per heavy atom. The summed E-state index contributed by atoms with van der Waals surface area (Å²) in [5.74, 6) is 0. The summed E-state index contributed by atoms with van der Waals surface area (Å²) in [4.78, 5) is 25.4. The van der Waals surface area contributed by atoms with Gasteiger partial charge in [-0.25, -0.2) is 14.2 Å². The molecule has 4 aromatic rings. The molecule has 0 aliphatic rings. The van der Waals surface area contributed by atoms with E-state index in [4.69, 9.17) is 0 Å². The molecule has 0 fully saturated rings. The number of aromatic nitrogens is 3. The third-order valence-electron chi connectivity index (χ3n) is 3.81. The van der Waals surface area contributed by atoms with Gasteiger partial charge in [-0.1, -0.05) is 48.5 Å². The van der Waals surface area contributed by atoms with Gasteiger partial charge in [0.2, 0.25) is 0 Å². The van der Waals surface area contributed by atoms with Crippen LogP contribution in [0.25, 0.3) is 16.9 Å². The number of hydrogen-bond donors (Lipinski definition) is 0. The molecule has 0 saturated carbocycles. The van der Waals surface area contributed by atoms with Gasteiger partial charge in [-0.05, 0) is 18.4 Å². The molecule has 0 radical (unpaired) electrons. The minimum Gasteiger partial charge on any atom is -0.245 e. The number of para-hydroxylation sites is 1. The van der Waals surface area contributed by atoms with Gasteiger partial charge < -0.3 is 0 Å². The van der Waals surface area contributed by atoms with Crippen LogP contribution in [-0.4, -0.2) is 19.9 Å². The third kappa shape index (κ3) is 1.88. The summed E-state index contributed by atoms with van der Waals surface area (Å²) in [5, 5.41) is 0.785. The maximum atomic E-state index is 12.8. The molecule has 0 amide bonds. The molecule has 0 N–H and O–H groups in total. The largest absolute Gasteiger partial charge is 0.357 e. The molecular weight excluding hydrogens is 310 g/mol. The predicted octanol–water partition coefficient (Wildman–Crippen LogP) is 2.38. The Hall–Kier alpha value is -2.73. The van der Waals surface area contributed by atoms with Gasteiger partial charge in [0.05, 0.1) is 5.69 Å². The van der Waals surface area contributed by atoms with Crippen molar-refractivity contribution < 1.29 is 0 Å². The average Bonchev–Trinajstić information content (AvgIpc) is 2.77. The number of nitrogens with zero attached hydrogens (tertiary/aromatic N) is 3. The van der Waals surface area contributed by atoms with E-state index in [1.165, 1.54) is 25.4 Å². The molecule has 0 bridgehead atoms. The molecule has 23 heavy (non-hydrogen) atoms. The van der Waals surface area contributed by atoms with Crippen LogP contribution in [-0.2, 0) is 0 Å². The van der Waals surface area contributed by atoms with Gasteiger partial charge in [0.25, 0.3) is 0 Å². The van der Waals surface area contributed by atoms with Crippen molar-refractivity contribution >= 4 is 11.8 Å². The second kappa shape index (κ2) is 5.17. The van der Waals surface area contributed by atoms with Crippen molar-refractivity contribution in [2.75, 3.05) is 6.26 Å². The van der Waals surface area contributed by atoms with Crippen LogP contribution in [0.15, 0.2) is 75.3 Å². The van der Waals surface area contributed by atoms with Crippen LogP contribution in [0.5, 0.6) is 0 Å². The number of fused-ring (bicyclic) bond motifs is 1. The van der Waals surface area contributed by atoms with Crippen molar-refractivity contribution in [3.63, 3.8) is 0 Å². The Morgan fingerprint density at radius 1 is 0.783 bits per heavy atom. The van der Waals surface area contributed by atoms with Gasteiger partial charge in [0.15, 0.2) is 0 Å². The molecule has 0 unspecified atom stereocenters. The minimum atomic E-state index is -0.349. The Bertz CT molecular complexity index is 1080. The lowest BCUT2D eigenvalue weighted by Gasteiger charge is -2.16. The van der Waals surface area contributed by atoms with E-state index in [2.05, 4.69) is 0 Å². The van der Waals surface area contributed by atoms with Crippen LogP contribution in [0, 0.1) is 0 Å². The second-order valence-electron chi connectivity index (χ2n) is 5.08. The molecule has 2 aromatic carbocycles. The summed E-state index contributed by atoms with van der Waals surface area (Å²) in [6.07, 6.45) is 1.90. The molecule has 0 aliphatic heterocycles. The lowest BCUT2D eigenvalue weighted by molar-refractivity contribution is 0.644. The molecular formula is C17H13N3O2S. The van der Waals surface area contributed by atoms with Crippen LogP contribution in [0.4, 0.5) is 0 Å². The molecule has 0 spiro atoms. The topological polar surface area (TPSA) is 47.9 Å². The fourth-order valence-corrected chi connectivity index (χ4v) is 3.52. The summed E-state index contributed by atoms with van der Waals surface area (Å²) in [6.45, 7) is 0. The number of rotatable bonds is 3. The first kappa shape index (κ1) is 13.9. The first-order valence-electron chi connectivity index (χ1n) is 7.11. The van der Waals surface area contributed by atoms with Gasteiger partial charge in [0, 0.05) is 5.56 Å². The molecule has 114 valence electrons. The van der Waals surface area contributed by atoms with Crippen LogP contribution in [0.1, 0.15) is 0 Å². The predicted molar refractivity (Wildman–Crippen MR) is 91.1 cm³/mol. The normalized spacial score (nSPS) is 11.3. The van der Waals surface area contributed by atoms with Crippen molar-refractivity contribution in [3.05, 3.63) is 81.6 Å². The van der Waals surface area contributed by atoms with Gasteiger partial charge >= 0.3 is 11.4 Å². The van der Waals surface area contributed by atoms with Crippen LogP contribution in [0.3, 0.4) is 0 Å². The zero-order valence-electron chi connectivity index (χ0n) is 12.3. The summed E-state index contributed by atoms with van der Waals surface area (Å²) in [5.41, 5.74) is 1.58. The van der Waals surface area contributed by atoms with E-state index in [1.807, 2.05) is 54.8 Å². The molecule has 0 aliphatic carbocycles. The highest BCUT2D eigenvalue weighted by Gasteiger charge is 2.26. The third-order valence-corrected chi connectivity index (χ3v) is 4.56.